The number of aryl methyl sites for hydroxylation is 1. The molecule has 0 unspecified atom stereocenters. The Labute approximate surface area is 215 Å². The predicted octanol–water partition coefficient (Wildman–Crippen LogP) is -5.07. The van der Waals surface area contributed by atoms with E-state index in [-0.39, 0.29) is 46.8 Å². The number of β-lactam (4-membered cyclic amide) rings is 1. The summed E-state index contributed by atoms with van der Waals surface area (Å²) < 4.78 is 25.4. The number of fused-ring (bicyclic) bond motifs is 1. The summed E-state index contributed by atoms with van der Waals surface area (Å²) in [7, 11) is -1.91. The number of nitrogens with one attached hydrogen (secondary N) is 1. The van der Waals surface area contributed by atoms with Gasteiger partial charge < -0.3 is 15.2 Å². The summed E-state index contributed by atoms with van der Waals surface area (Å²) in [6.45, 7) is 1.84. The number of tetrazole rings is 1. The van der Waals surface area contributed by atoms with Crippen LogP contribution < -0.4 is 40.0 Å². The van der Waals surface area contributed by atoms with E-state index in [0.717, 1.165) is 4.90 Å². The van der Waals surface area contributed by atoms with Crippen molar-refractivity contribution in [3.8, 4) is 0 Å². The summed E-state index contributed by atoms with van der Waals surface area (Å²) >= 11 is 2.51. The fourth-order valence-electron chi connectivity index (χ4n) is 3.13. The summed E-state index contributed by atoms with van der Waals surface area (Å²) in [5, 5.41) is 25.1. The van der Waals surface area contributed by atoms with Crippen LogP contribution in [-0.2, 0) is 31.3 Å². The Morgan fingerprint density at radius 2 is 2.09 bits per heavy atom. The molecule has 0 spiro atoms. The molecule has 12 nitrogen and oxygen atoms in total. The van der Waals surface area contributed by atoms with Crippen LogP contribution in [0.25, 0.3) is 0 Å². The van der Waals surface area contributed by atoms with Gasteiger partial charge in [0.25, 0.3) is 5.91 Å². The van der Waals surface area contributed by atoms with Gasteiger partial charge in [-0.25, -0.2) is 13.1 Å². The van der Waals surface area contributed by atoms with Gasteiger partial charge in [0, 0.05) is 18.6 Å². The van der Waals surface area contributed by atoms with Gasteiger partial charge in [0.2, 0.25) is 11.1 Å². The van der Waals surface area contributed by atoms with Crippen molar-refractivity contribution >= 4 is 51.1 Å². The van der Waals surface area contributed by atoms with E-state index in [2.05, 4.69) is 20.8 Å². The number of carboxylic acids is 1. The zero-order chi connectivity index (χ0) is 22.8. The first-order valence-corrected chi connectivity index (χ1v) is 13.2. The molecule has 2 atom stereocenters. The number of hydrogen-bond donors (Lipinski definition) is 1. The van der Waals surface area contributed by atoms with E-state index in [1.54, 1.807) is 7.05 Å². The number of aliphatic carboxylic acids is 1. The third-order valence-electron chi connectivity index (χ3n) is 4.67. The maximum absolute atomic E-state index is 12.6. The van der Waals surface area contributed by atoms with Crippen LogP contribution in [0.1, 0.15) is 19.8 Å². The zero-order valence-corrected chi connectivity index (χ0v) is 22.3. The molecule has 1 saturated heterocycles. The average molecular weight is 513 g/mol. The molecular weight excluding hydrogens is 491 g/mol. The number of nitrogens with zero attached hydrogens (tertiary/aromatic N) is 5. The molecule has 1 aromatic rings. The Morgan fingerprint density at radius 3 is 2.69 bits per heavy atom. The van der Waals surface area contributed by atoms with Crippen molar-refractivity contribution < 1.29 is 57.5 Å². The fraction of sp³-hybridized carbons (Fsp3) is 0.625. The SMILES string of the molecule is CCCCS(=O)(=O)CC(=O)N[C@@H]1C(=O)N2C(C(=O)[O-])=C(CSc3nnnn3C)CS[C@H]12.[Na+]. The van der Waals surface area contributed by atoms with Gasteiger partial charge >= 0.3 is 29.6 Å². The van der Waals surface area contributed by atoms with Crippen molar-refractivity contribution in [1.29, 1.82) is 0 Å². The molecule has 1 fully saturated rings. The van der Waals surface area contributed by atoms with Crippen molar-refractivity contribution in [3.63, 3.8) is 0 Å². The monoisotopic (exact) mass is 512 g/mol. The topological polar surface area (TPSA) is 167 Å². The van der Waals surface area contributed by atoms with E-state index >= 15 is 0 Å². The molecule has 0 bridgehead atoms. The molecule has 1 aromatic heterocycles. The molecule has 2 amide bonds. The van der Waals surface area contributed by atoms with Crippen LogP contribution in [0.15, 0.2) is 16.4 Å². The van der Waals surface area contributed by atoms with Crippen molar-refractivity contribution in [2.75, 3.05) is 23.0 Å². The summed E-state index contributed by atoms with van der Waals surface area (Å²) in [5.74, 6) is -3.13. The van der Waals surface area contributed by atoms with Gasteiger partial charge in [0.1, 0.15) is 17.2 Å². The Balaban J connectivity index is 0.00000363. The van der Waals surface area contributed by atoms with Crippen LogP contribution in [0.5, 0.6) is 0 Å². The second kappa shape index (κ2) is 11.3. The molecule has 3 heterocycles. The fourth-order valence-corrected chi connectivity index (χ4v) is 6.82. The van der Waals surface area contributed by atoms with Crippen LogP contribution in [0, 0.1) is 0 Å². The second-order valence-electron chi connectivity index (χ2n) is 7.01. The molecule has 0 saturated carbocycles. The normalized spacial score (nSPS) is 20.3. The van der Waals surface area contributed by atoms with E-state index in [1.807, 2.05) is 6.92 Å². The number of unbranched alkanes of at least 4 members (excludes halogenated alkanes) is 1. The third-order valence-corrected chi connectivity index (χ3v) is 8.72. The molecule has 0 aliphatic carbocycles. The predicted molar refractivity (Wildman–Crippen MR) is 110 cm³/mol. The van der Waals surface area contributed by atoms with E-state index < -0.39 is 44.8 Å². The van der Waals surface area contributed by atoms with E-state index in [1.165, 1.54) is 28.2 Å². The van der Waals surface area contributed by atoms with Gasteiger partial charge in [-0.05, 0) is 22.4 Å². The number of carbonyl (C=O) groups excluding carboxylic acids is 3. The van der Waals surface area contributed by atoms with Gasteiger partial charge in [-0.3, -0.25) is 14.5 Å². The third kappa shape index (κ3) is 6.05. The summed E-state index contributed by atoms with van der Waals surface area (Å²) in [6.07, 6.45) is 1.14. The quantitative estimate of drug-likeness (QED) is 0.181. The van der Waals surface area contributed by atoms with Gasteiger partial charge in [-0.1, -0.05) is 25.1 Å². The number of amides is 2. The summed E-state index contributed by atoms with van der Waals surface area (Å²) in [5.41, 5.74) is 0.256. The Hall–Kier alpha value is -1.13. The summed E-state index contributed by atoms with van der Waals surface area (Å²) in [6, 6.07) is -0.981. The van der Waals surface area contributed by atoms with E-state index in [9.17, 15) is 27.9 Å². The van der Waals surface area contributed by atoms with Crippen LogP contribution in [-0.4, -0.2) is 85.7 Å². The molecule has 170 valence electrons. The van der Waals surface area contributed by atoms with E-state index in [4.69, 9.17) is 0 Å². The number of aromatic nitrogens is 4. The largest absolute Gasteiger partial charge is 1.00 e. The van der Waals surface area contributed by atoms with Gasteiger partial charge in [-0.15, -0.1) is 16.9 Å². The van der Waals surface area contributed by atoms with Gasteiger partial charge in [0.05, 0.1) is 17.4 Å². The molecule has 3 rings (SSSR count). The molecule has 16 heteroatoms. The molecule has 32 heavy (non-hydrogen) atoms. The molecule has 2 aliphatic rings. The number of carboxylic acid groups (broad SMARTS) is 1. The van der Waals surface area contributed by atoms with Gasteiger partial charge in [0.15, 0.2) is 9.84 Å². The first-order valence-electron chi connectivity index (χ1n) is 9.37. The number of sulfone groups is 1. The van der Waals surface area contributed by atoms with E-state index in [0.29, 0.717) is 29.3 Å². The number of hydrogen-bond acceptors (Lipinski definition) is 11. The maximum Gasteiger partial charge on any atom is 1.00 e. The second-order valence-corrected chi connectivity index (χ2v) is 11.2. The van der Waals surface area contributed by atoms with Crippen molar-refractivity contribution in [3.05, 3.63) is 11.3 Å². The standard InChI is InChI=1S/C16H22N6O6S3.Na/c1-3-4-5-31(27,28)8-10(23)17-11-13(24)22-12(15(25)26)9(6-29-14(11)22)7-30-16-18-19-20-21(16)2;/h11,14H,3-8H2,1-2H3,(H,17,23)(H,25,26);/q;+1/p-1/t11-,14-;/m1./s1. The molecule has 0 aromatic carbocycles. The van der Waals surface area contributed by atoms with Crippen LogP contribution in [0.2, 0.25) is 0 Å². The Bertz CT molecular complexity index is 1030. The average Bonchev–Trinajstić information content (AvgIpc) is 3.12. The number of rotatable bonds is 10. The number of thioether (sulfide) groups is 2. The Morgan fingerprint density at radius 1 is 1.38 bits per heavy atom. The van der Waals surface area contributed by atoms with Crippen molar-refractivity contribution in [1.82, 2.24) is 30.4 Å². The minimum atomic E-state index is -3.56. The first-order chi connectivity index (χ1) is 14.6. The molecule has 0 radical (unpaired) electrons. The smallest absolute Gasteiger partial charge is 0.543 e. The zero-order valence-electron chi connectivity index (χ0n) is 17.8. The summed E-state index contributed by atoms with van der Waals surface area (Å²) in [4.78, 5) is 37.6. The van der Waals surface area contributed by atoms with Crippen LogP contribution >= 0.6 is 23.5 Å². The van der Waals surface area contributed by atoms with Crippen LogP contribution in [0.3, 0.4) is 0 Å². The molecule has 2 aliphatic heterocycles. The van der Waals surface area contributed by atoms with Crippen molar-refractivity contribution in [2.45, 2.75) is 36.3 Å². The van der Waals surface area contributed by atoms with Crippen LogP contribution in [0.4, 0.5) is 0 Å². The first kappa shape index (κ1) is 27.1. The minimum absolute atomic E-state index is 0. The van der Waals surface area contributed by atoms with Gasteiger partial charge in [-0.2, -0.15) is 0 Å². The Kier molecular flexibility index (Phi) is 9.60. The molecular formula is C16H21N6NaO6S3. The minimum Gasteiger partial charge on any atom is -0.543 e. The maximum atomic E-state index is 12.6. The molecule has 1 N–H and O–H groups in total. The number of carbonyl (C=O) groups is 3. The van der Waals surface area contributed by atoms with Crippen molar-refractivity contribution in [2.24, 2.45) is 7.05 Å².